The van der Waals surface area contributed by atoms with Gasteiger partial charge >= 0.3 is 5.97 Å². The lowest BCUT2D eigenvalue weighted by molar-refractivity contribution is -0.149. The van der Waals surface area contributed by atoms with E-state index in [2.05, 4.69) is 4.57 Å². The summed E-state index contributed by atoms with van der Waals surface area (Å²) in [5.74, 6) is -0.134. The number of rotatable bonds is 2. The molecule has 0 N–H and O–H groups in total. The molecule has 0 saturated carbocycles. The molecule has 1 aliphatic heterocycles. The molecule has 0 amide bonds. The van der Waals surface area contributed by atoms with Crippen molar-refractivity contribution in [2.24, 2.45) is 0 Å². The molecule has 0 aliphatic carbocycles. The summed E-state index contributed by atoms with van der Waals surface area (Å²) in [6.07, 6.45) is 2.87. The Labute approximate surface area is 83.7 Å². The molecule has 76 valence electrons. The van der Waals surface area contributed by atoms with Crippen molar-refractivity contribution in [3.8, 4) is 0 Å². The molecule has 3 nitrogen and oxygen atoms in total. The van der Waals surface area contributed by atoms with Crippen LogP contribution in [0.25, 0.3) is 0 Å². The highest BCUT2D eigenvalue weighted by Gasteiger charge is 2.29. The Hall–Kier alpha value is -1.25. The molecule has 3 heteroatoms. The molecule has 0 radical (unpaired) electrons. The zero-order valence-corrected chi connectivity index (χ0v) is 8.56. The molecule has 1 aliphatic rings. The minimum Gasteiger partial charge on any atom is -0.462 e. The van der Waals surface area contributed by atoms with Crippen LogP contribution in [0.5, 0.6) is 0 Å². The number of aromatic nitrogens is 1. The standard InChI is InChI=1S/C11H15NO2/c1-8(2)14-11(13)9-5-7-12-6-3-4-10(9)12/h3-4,6,8-9H,5,7H2,1-2H3. The number of esters is 1. The topological polar surface area (TPSA) is 31.2 Å². The van der Waals surface area contributed by atoms with E-state index in [1.54, 1.807) is 0 Å². The lowest BCUT2D eigenvalue weighted by Gasteiger charge is -2.12. The highest BCUT2D eigenvalue weighted by atomic mass is 16.5. The number of carbonyl (C=O) groups excluding carboxylic acids is 1. The highest BCUT2D eigenvalue weighted by molar-refractivity contribution is 5.78. The molecule has 1 atom stereocenters. The average Bonchev–Trinajstić information content (AvgIpc) is 2.59. The Morgan fingerprint density at radius 2 is 2.43 bits per heavy atom. The Morgan fingerprint density at radius 3 is 3.14 bits per heavy atom. The fourth-order valence-electron chi connectivity index (χ4n) is 1.92. The maximum Gasteiger partial charge on any atom is 0.315 e. The molecule has 14 heavy (non-hydrogen) atoms. The summed E-state index contributed by atoms with van der Waals surface area (Å²) < 4.78 is 7.33. The first-order chi connectivity index (χ1) is 6.68. The zero-order valence-electron chi connectivity index (χ0n) is 8.56. The van der Waals surface area contributed by atoms with E-state index < -0.39 is 0 Å². The van der Waals surface area contributed by atoms with Crippen LogP contribution in [0.1, 0.15) is 31.9 Å². The molecule has 1 aromatic rings. The Kier molecular flexibility index (Phi) is 2.32. The fraction of sp³-hybridized carbons (Fsp3) is 0.545. The van der Waals surface area contributed by atoms with E-state index in [4.69, 9.17) is 4.74 Å². The van der Waals surface area contributed by atoms with Crippen molar-refractivity contribution in [1.82, 2.24) is 4.57 Å². The summed E-state index contributed by atoms with van der Waals surface area (Å²) in [4.78, 5) is 11.7. The van der Waals surface area contributed by atoms with Gasteiger partial charge < -0.3 is 9.30 Å². The Bertz CT molecular complexity index is 341. The fourth-order valence-corrected chi connectivity index (χ4v) is 1.92. The number of hydrogen-bond acceptors (Lipinski definition) is 2. The predicted octanol–water partition coefficient (Wildman–Crippen LogP) is 1.93. The minimum atomic E-state index is -0.0857. The van der Waals surface area contributed by atoms with Crippen LogP contribution in [0.3, 0.4) is 0 Å². The molecule has 1 unspecified atom stereocenters. The maximum atomic E-state index is 11.7. The largest absolute Gasteiger partial charge is 0.462 e. The van der Waals surface area contributed by atoms with Gasteiger partial charge in [-0.05, 0) is 32.4 Å². The average molecular weight is 193 g/mol. The third-order valence-corrected chi connectivity index (χ3v) is 2.52. The molecular weight excluding hydrogens is 178 g/mol. The van der Waals surface area contributed by atoms with Gasteiger partial charge in [0, 0.05) is 18.4 Å². The second-order valence-electron chi connectivity index (χ2n) is 3.95. The van der Waals surface area contributed by atoms with Crippen molar-refractivity contribution in [1.29, 1.82) is 0 Å². The summed E-state index contributed by atoms with van der Waals surface area (Å²) >= 11 is 0. The summed E-state index contributed by atoms with van der Waals surface area (Å²) in [7, 11) is 0. The number of fused-ring (bicyclic) bond motifs is 1. The van der Waals surface area contributed by atoms with Gasteiger partial charge in [0.1, 0.15) is 0 Å². The van der Waals surface area contributed by atoms with Gasteiger partial charge in [0.05, 0.1) is 12.0 Å². The SMILES string of the molecule is CC(C)OC(=O)C1CCn2cccc21. The number of aryl methyl sites for hydroxylation is 1. The summed E-state index contributed by atoms with van der Waals surface area (Å²) in [6, 6.07) is 3.98. The molecule has 1 aromatic heterocycles. The Morgan fingerprint density at radius 1 is 1.64 bits per heavy atom. The molecule has 0 fully saturated rings. The lowest BCUT2D eigenvalue weighted by Crippen LogP contribution is -2.17. The van der Waals surface area contributed by atoms with Gasteiger partial charge in [-0.2, -0.15) is 0 Å². The van der Waals surface area contributed by atoms with Gasteiger partial charge in [0.25, 0.3) is 0 Å². The summed E-state index contributed by atoms with van der Waals surface area (Å²) in [6.45, 7) is 4.69. The van der Waals surface area contributed by atoms with Crippen LogP contribution in [-0.2, 0) is 16.1 Å². The molecule has 0 spiro atoms. The van der Waals surface area contributed by atoms with Gasteiger partial charge in [-0.15, -0.1) is 0 Å². The number of carbonyl (C=O) groups is 1. The quantitative estimate of drug-likeness (QED) is 0.672. The van der Waals surface area contributed by atoms with Crippen molar-refractivity contribution in [2.45, 2.75) is 38.8 Å². The van der Waals surface area contributed by atoms with Crippen LogP contribution in [0.15, 0.2) is 18.3 Å². The normalized spacial score (nSPS) is 19.8. The van der Waals surface area contributed by atoms with Gasteiger partial charge in [0.2, 0.25) is 0 Å². The molecule has 0 bridgehead atoms. The van der Waals surface area contributed by atoms with Crippen LogP contribution in [-0.4, -0.2) is 16.6 Å². The molecule has 0 aromatic carbocycles. The second-order valence-corrected chi connectivity index (χ2v) is 3.95. The second kappa shape index (κ2) is 3.48. The Balaban J connectivity index is 2.11. The van der Waals surface area contributed by atoms with E-state index in [0.717, 1.165) is 18.7 Å². The molecule has 2 rings (SSSR count). The lowest BCUT2D eigenvalue weighted by atomic mass is 10.1. The van der Waals surface area contributed by atoms with Crippen LogP contribution < -0.4 is 0 Å². The highest BCUT2D eigenvalue weighted by Crippen LogP contribution is 2.29. The van der Waals surface area contributed by atoms with Gasteiger partial charge in [0.15, 0.2) is 0 Å². The van der Waals surface area contributed by atoms with Gasteiger partial charge in [-0.3, -0.25) is 4.79 Å². The van der Waals surface area contributed by atoms with Gasteiger partial charge in [-0.25, -0.2) is 0 Å². The van der Waals surface area contributed by atoms with Crippen molar-refractivity contribution >= 4 is 5.97 Å². The summed E-state index contributed by atoms with van der Waals surface area (Å²) in [5.41, 5.74) is 1.09. The number of hydrogen-bond donors (Lipinski definition) is 0. The van der Waals surface area contributed by atoms with Crippen molar-refractivity contribution in [3.05, 3.63) is 24.0 Å². The molecule has 0 saturated heterocycles. The van der Waals surface area contributed by atoms with E-state index >= 15 is 0 Å². The number of nitrogens with zero attached hydrogens (tertiary/aromatic N) is 1. The van der Waals surface area contributed by atoms with Crippen LogP contribution in [0.2, 0.25) is 0 Å². The van der Waals surface area contributed by atoms with E-state index in [0.29, 0.717) is 0 Å². The van der Waals surface area contributed by atoms with E-state index in [1.165, 1.54) is 0 Å². The third-order valence-electron chi connectivity index (χ3n) is 2.52. The first-order valence-electron chi connectivity index (χ1n) is 5.04. The smallest absolute Gasteiger partial charge is 0.315 e. The van der Waals surface area contributed by atoms with Crippen LogP contribution in [0, 0.1) is 0 Å². The van der Waals surface area contributed by atoms with Crippen molar-refractivity contribution in [2.75, 3.05) is 0 Å². The number of ether oxygens (including phenoxy) is 1. The molecule has 2 heterocycles. The molecular formula is C11H15NO2. The van der Waals surface area contributed by atoms with E-state index in [-0.39, 0.29) is 18.0 Å². The first-order valence-corrected chi connectivity index (χ1v) is 5.04. The van der Waals surface area contributed by atoms with E-state index in [1.807, 2.05) is 32.2 Å². The first kappa shape index (κ1) is 9.31. The predicted molar refractivity (Wildman–Crippen MR) is 53.0 cm³/mol. The van der Waals surface area contributed by atoms with Crippen molar-refractivity contribution < 1.29 is 9.53 Å². The zero-order chi connectivity index (χ0) is 10.1. The van der Waals surface area contributed by atoms with Crippen molar-refractivity contribution in [3.63, 3.8) is 0 Å². The third kappa shape index (κ3) is 1.54. The van der Waals surface area contributed by atoms with Gasteiger partial charge in [-0.1, -0.05) is 0 Å². The minimum absolute atomic E-state index is 0.0217. The van der Waals surface area contributed by atoms with E-state index in [9.17, 15) is 4.79 Å². The summed E-state index contributed by atoms with van der Waals surface area (Å²) in [5, 5.41) is 0. The van der Waals surface area contributed by atoms with Crippen LogP contribution in [0.4, 0.5) is 0 Å². The monoisotopic (exact) mass is 193 g/mol. The maximum absolute atomic E-state index is 11.7. The van der Waals surface area contributed by atoms with Crippen LogP contribution >= 0.6 is 0 Å².